The average Bonchev–Trinajstić information content (AvgIpc) is 3.15. The van der Waals surface area contributed by atoms with Crippen molar-refractivity contribution in [1.29, 1.82) is 0 Å². The smallest absolute Gasteiger partial charge is 0.308 e. The van der Waals surface area contributed by atoms with E-state index in [0.717, 1.165) is 5.56 Å². The van der Waals surface area contributed by atoms with Crippen molar-refractivity contribution < 1.29 is 14.7 Å². The second-order valence-electron chi connectivity index (χ2n) is 5.47. The van der Waals surface area contributed by atoms with Crippen LogP contribution in [0.1, 0.15) is 18.0 Å². The molecule has 1 fully saturated rings. The van der Waals surface area contributed by atoms with Crippen molar-refractivity contribution in [1.82, 2.24) is 14.5 Å². The summed E-state index contributed by atoms with van der Waals surface area (Å²) in [5.41, 5.74) is 0.996. The number of hydrogen-bond acceptors (Lipinski definition) is 3. The summed E-state index contributed by atoms with van der Waals surface area (Å²) >= 11 is 0. The normalized spacial score (nSPS) is 19.4. The number of carboxylic acid groups (broad SMARTS) is 1. The number of aliphatic carboxylic acids is 1. The van der Waals surface area contributed by atoms with Crippen molar-refractivity contribution in [3.05, 3.63) is 54.6 Å². The summed E-state index contributed by atoms with van der Waals surface area (Å²) in [6, 6.07) is 9.50. The quantitative estimate of drug-likeness (QED) is 0.909. The third-order valence-corrected chi connectivity index (χ3v) is 4.01. The molecule has 2 heterocycles. The van der Waals surface area contributed by atoms with E-state index in [1.54, 1.807) is 17.4 Å². The SMILES string of the molecule is O=C(O)C1CC(=O)N(C(Cn2ccnc2)c2ccccc2)C1. The molecule has 3 rings (SSSR count). The molecule has 2 unspecified atom stereocenters. The van der Waals surface area contributed by atoms with E-state index in [0.29, 0.717) is 6.54 Å². The molecule has 0 saturated carbocycles. The monoisotopic (exact) mass is 299 g/mol. The number of rotatable bonds is 5. The van der Waals surface area contributed by atoms with Crippen LogP contribution in [0.2, 0.25) is 0 Å². The van der Waals surface area contributed by atoms with Crippen LogP contribution in [0.15, 0.2) is 49.1 Å². The topological polar surface area (TPSA) is 75.4 Å². The third-order valence-electron chi connectivity index (χ3n) is 4.01. The van der Waals surface area contributed by atoms with Crippen LogP contribution in [0.25, 0.3) is 0 Å². The number of hydrogen-bond donors (Lipinski definition) is 1. The predicted octanol–water partition coefficient (Wildman–Crippen LogP) is 1.56. The highest BCUT2D eigenvalue weighted by Gasteiger charge is 2.38. The number of amides is 1. The third kappa shape index (κ3) is 2.86. The molecule has 22 heavy (non-hydrogen) atoms. The minimum atomic E-state index is -0.912. The lowest BCUT2D eigenvalue weighted by Gasteiger charge is -2.28. The summed E-state index contributed by atoms with van der Waals surface area (Å²) in [6.45, 7) is 0.810. The van der Waals surface area contributed by atoms with E-state index in [1.807, 2.05) is 41.1 Å². The standard InChI is InChI=1S/C16H17N3O3/c20-15-8-13(16(21)22)9-19(15)14(10-18-7-6-17-11-18)12-4-2-1-3-5-12/h1-7,11,13-14H,8-10H2,(H,21,22). The molecule has 6 heteroatoms. The van der Waals surface area contributed by atoms with Crippen molar-refractivity contribution in [3.8, 4) is 0 Å². The Kier molecular flexibility index (Phi) is 3.91. The molecule has 1 aliphatic heterocycles. The van der Waals surface area contributed by atoms with Gasteiger partial charge in [-0.15, -0.1) is 0 Å². The Labute approximate surface area is 128 Å². The first kappa shape index (κ1) is 14.3. The van der Waals surface area contributed by atoms with Crippen LogP contribution in [-0.4, -0.2) is 38.0 Å². The Balaban J connectivity index is 1.88. The average molecular weight is 299 g/mol. The van der Waals surface area contributed by atoms with Gasteiger partial charge in [-0.25, -0.2) is 4.98 Å². The van der Waals surface area contributed by atoms with Crippen molar-refractivity contribution in [2.75, 3.05) is 6.54 Å². The number of carboxylic acids is 1. The Morgan fingerprint density at radius 2 is 2.14 bits per heavy atom. The Morgan fingerprint density at radius 1 is 1.36 bits per heavy atom. The van der Waals surface area contributed by atoms with Gasteiger partial charge in [0.1, 0.15) is 0 Å². The molecule has 0 bridgehead atoms. The first-order valence-corrected chi connectivity index (χ1v) is 7.18. The van der Waals surface area contributed by atoms with Gasteiger partial charge in [0.2, 0.25) is 5.91 Å². The lowest BCUT2D eigenvalue weighted by atomic mass is 10.1. The molecule has 1 aromatic carbocycles. The lowest BCUT2D eigenvalue weighted by molar-refractivity contribution is -0.141. The zero-order valence-electron chi connectivity index (χ0n) is 12.0. The fraction of sp³-hybridized carbons (Fsp3) is 0.312. The van der Waals surface area contributed by atoms with E-state index in [9.17, 15) is 9.59 Å². The van der Waals surface area contributed by atoms with Gasteiger partial charge in [0.15, 0.2) is 0 Å². The van der Waals surface area contributed by atoms with Gasteiger partial charge in [-0.3, -0.25) is 9.59 Å². The Morgan fingerprint density at radius 3 is 2.73 bits per heavy atom. The zero-order chi connectivity index (χ0) is 15.5. The van der Waals surface area contributed by atoms with Gasteiger partial charge in [0.05, 0.1) is 18.3 Å². The van der Waals surface area contributed by atoms with Crippen molar-refractivity contribution >= 4 is 11.9 Å². The van der Waals surface area contributed by atoms with E-state index >= 15 is 0 Å². The zero-order valence-corrected chi connectivity index (χ0v) is 12.0. The maximum Gasteiger partial charge on any atom is 0.308 e. The highest BCUT2D eigenvalue weighted by atomic mass is 16.4. The van der Waals surface area contributed by atoms with Crippen LogP contribution in [0.4, 0.5) is 0 Å². The van der Waals surface area contributed by atoms with Gasteiger partial charge in [-0.2, -0.15) is 0 Å². The van der Waals surface area contributed by atoms with E-state index in [-0.39, 0.29) is 24.9 Å². The number of aromatic nitrogens is 2. The predicted molar refractivity (Wildman–Crippen MR) is 78.9 cm³/mol. The second kappa shape index (κ2) is 6.01. The molecule has 1 N–H and O–H groups in total. The summed E-state index contributed by atoms with van der Waals surface area (Å²) in [5.74, 6) is -1.65. The van der Waals surface area contributed by atoms with Crippen molar-refractivity contribution in [3.63, 3.8) is 0 Å². The van der Waals surface area contributed by atoms with Crippen LogP contribution in [0.5, 0.6) is 0 Å². The van der Waals surface area contributed by atoms with Gasteiger partial charge in [-0.05, 0) is 5.56 Å². The second-order valence-corrected chi connectivity index (χ2v) is 5.47. The number of imidazole rings is 1. The first-order chi connectivity index (χ1) is 10.6. The molecular formula is C16H17N3O3. The van der Waals surface area contributed by atoms with Gasteiger partial charge in [-0.1, -0.05) is 30.3 Å². The number of nitrogens with zero attached hydrogens (tertiary/aromatic N) is 3. The molecule has 0 radical (unpaired) electrons. The lowest BCUT2D eigenvalue weighted by Crippen LogP contribution is -2.33. The molecule has 6 nitrogen and oxygen atoms in total. The summed E-state index contributed by atoms with van der Waals surface area (Å²) in [6.07, 6.45) is 5.30. The largest absolute Gasteiger partial charge is 0.481 e. The number of carbonyl (C=O) groups excluding carboxylic acids is 1. The molecule has 1 saturated heterocycles. The van der Waals surface area contributed by atoms with E-state index in [2.05, 4.69) is 4.98 Å². The molecular weight excluding hydrogens is 282 g/mol. The number of likely N-dealkylation sites (tertiary alicyclic amines) is 1. The van der Waals surface area contributed by atoms with Crippen LogP contribution in [0.3, 0.4) is 0 Å². The fourth-order valence-corrected chi connectivity index (χ4v) is 2.85. The van der Waals surface area contributed by atoms with Crippen LogP contribution in [0, 0.1) is 5.92 Å². The Bertz CT molecular complexity index is 655. The molecule has 1 amide bonds. The van der Waals surface area contributed by atoms with Crippen LogP contribution >= 0.6 is 0 Å². The van der Waals surface area contributed by atoms with Gasteiger partial charge in [0, 0.05) is 31.9 Å². The van der Waals surface area contributed by atoms with Gasteiger partial charge < -0.3 is 14.6 Å². The molecule has 1 aliphatic rings. The molecule has 0 spiro atoms. The van der Waals surface area contributed by atoms with Gasteiger partial charge in [0.25, 0.3) is 0 Å². The van der Waals surface area contributed by atoms with Crippen molar-refractivity contribution in [2.24, 2.45) is 5.92 Å². The number of carbonyl (C=O) groups is 2. The fourth-order valence-electron chi connectivity index (χ4n) is 2.85. The van der Waals surface area contributed by atoms with Gasteiger partial charge >= 0.3 is 5.97 Å². The van der Waals surface area contributed by atoms with Crippen LogP contribution < -0.4 is 0 Å². The maximum absolute atomic E-state index is 12.3. The highest BCUT2D eigenvalue weighted by Crippen LogP contribution is 2.30. The van der Waals surface area contributed by atoms with Crippen molar-refractivity contribution in [2.45, 2.75) is 19.0 Å². The van der Waals surface area contributed by atoms with E-state index < -0.39 is 11.9 Å². The maximum atomic E-state index is 12.3. The molecule has 2 atom stereocenters. The van der Waals surface area contributed by atoms with E-state index in [1.165, 1.54) is 0 Å². The molecule has 1 aromatic heterocycles. The summed E-state index contributed by atoms with van der Waals surface area (Å²) in [7, 11) is 0. The summed E-state index contributed by atoms with van der Waals surface area (Å²) < 4.78 is 1.90. The molecule has 2 aromatic rings. The molecule has 0 aliphatic carbocycles. The minimum Gasteiger partial charge on any atom is -0.481 e. The minimum absolute atomic E-state index is 0.0720. The highest BCUT2D eigenvalue weighted by molar-refractivity contribution is 5.86. The van der Waals surface area contributed by atoms with E-state index in [4.69, 9.17) is 5.11 Å². The Hall–Kier alpha value is -2.63. The summed E-state index contributed by atoms with van der Waals surface area (Å²) in [5, 5.41) is 9.16. The summed E-state index contributed by atoms with van der Waals surface area (Å²) in [4.78, 5) is 29.1. The van der Waals surface area contributed by atoms with Crippen LogP contribution in [-0.2, 0) is 16.1 Å². The first-order valence-electron chi connectivity index (χ1n) is 7.18. The molecule has 114 valence electrons. The number of benzene rings is 1.